The quantitative estimate of drug-likeness (QED) is 0.254. The molecule has 4 unspecified atom stereocenters. The van der Waals surface area contributed by atoms with Crippen molar-refractivity contribution < 1.29 is 29.4 Å². The van der Waals surface area contributed by atoms with Gasteiger partial charge in [-0.1, -0.05) is 0 Å². The summed E-state index contributed by atoms with van der Waals surface area (Å²) in [6.07, 6.45) is 3.77. The second-order valence-corrected chi connectivity index (χ2v) is 6.90. The van der Waals surface area contributed by atoms with Gasteiger partial charge in [0, 0.05) is 24.9 Å². The van der Waals surface area contributed by atoms with Gasteiger partial charge in [-0.2, -0.15) is 0 Å². The fourth-order valence-electron chi connectivity index (χ4n) is 3.12. The number of carbonyl (C=O) groups is 4. The van der Waals surface area contributed by atoms with Crippen LogP contribution in [0.2, 0.25) is 0 Å². The minimum Gasteiger partial charge on any atom is -0.480 e. The van der Waals surface area contributed by atoms with Crippen molar-refractivity contribution in [3.63, 3.8) is 0 Å². The van der Waals surface area contributed by atoms with Gasteiger partial charge in [0.1, 0.15) is 18.1 Å². The number of likely N-dealkylation sites (tertiary alicyclic amines) is 1. The molecule has 12 heteroatoms. The average molecular weight is 410 g/mol. The molecule has 1 fully saturated rings. The maximum atomic E-state index is 12.6. The number of aromatic nitrogens is 2. The van der Waals surface area contributed by atoms with Gasteiger partial charge in [0.05, 0.1) is 19.0 Å². The molecule has 0 saturated carbocycles. The van der Waals surface area contributed by atoms with E-state index in [1.807, 2.05) is 0 Å². The maximum Gasteiger partial charge on any atom is 0.326 e. The zero-order valence-electron chi connectivity index (χ0n) is 16.0. The van der Waals surface area contributed by atoms with Crippen LogP contribution in [0.15, 0.2) is 12.5 Å². The van der Waals surface area contributed by atoms with E-state index < -0.39 is 48.6 Å². The molecule has 29 heavy (non-hydrogen) atoms. The van der Waals surface area contributed by atoms with Crippen LogP contribution in [0.1, 0.15) is 25.5 Å². The first-order chi connectivity index (χ1) is 13.7. The van der Waals surface area contributed by atoms with Crippen LogP contribution < -0.4 is 16.4 Å². The minimum atomic E-state index is -1.36. The number of carbonyl (C=O) groups excluding carboxylic acids is 3. The summed E-state index contributed by atoms with van der Waals surface area (Å²) in [6.45, 7) is 1.16. The first kappa shape index (κ1) is 22.3. The molecule has 2 rings (SSSR count). The summed E-state index contributed by atoms with van der Waals surface area (Å²) in [5.41, 5.74) is 6.10. The Morgan fingerprint density at radius 2 is 2.07 bits per heavy atom. The molecular weight excluding hydrogens is 384 g/mol. The molecule has 1 aliphatic heterocycles. The fourth-order valence-corrected chi connectivity index (χ4v) is 3.12. The Bertz CT molecular complexity index is 737. The number of rotatable bonds is 9. The van der Waals surface area contributed by atoms with Crippen molar-refractivity contribution in [3.05, 3.63) is 18.2 Å². The Labute approximate surface area is 166 Å². The Morgan fingerprint density at radius 3 is 2.62 bits per heavy atom. The first-order valence-electron chi connectivity index (χ1n) is 9.22. The zero-order chi connectivity index (χ0) is 21.6. The van der Waals surface area contributed by atoms with E-state index in [9.17, 15) is 29.4 Å². The monoisotopic (exact) mass is 410 g/mol. The predicted molar refractivity (Wildman–Crippen MR) is 99.3 cm³/mol. The third kappa shape index (κ3) is 5.74. The third-order valence-electron chi connectivity index (χ3n) is 4.64. The van der Waals surface area contributed by atoms with E-state index in [0.717, 1.165) is 0 Å². The van der Waals surface area contributed by atoms with E-state index in [1.165, 1.54) is 24.3 Å². The summed E-state index contributed by atoms with van der Waals surface area (Å²) in [5, 5.41) is 23.5. The molecule has 0 spiro atoms. The summed E-state index contributed by atoms with van der Waals surface area (Å²) in [5.74, 6) is -3.11. The van der Waals surface area contributed by atoms with Crippen molar-refractivity contribution in [1.29, 1.82) is 0 Å². The maximum absolute atomic E-state index is 12.6. The highest BCUT2D eigenvalue weighted by molar-refractivity contribution is 5.94. The lowest BCUT2D eigenvalue weighted by atomic mass is 10.1. The fraction of sp³-hybridized carbons (Fsp3) is 0.588. The molecule has 1 aliphatic rings. The lowest BCUT2D eigenvalue weighted by Gasteiger charge is -2.27. The highest BCUT2D eigenvalue weighted by Crippen LogP contribution is 2.18. The van der Waals surface area contributed by atoms with Crippen LogP contribution in [0.3, 0.4) is 0 Å². The van der Waals surface area contributed by atoms with Crippen LogP contribution in [0.5, 0.6) is 0 Å². The highest BCUT2D eigenvalue weighted by atomic mass is 16.4. The van der Waals surface area contributed by atoms with E-state index in [0.29, 0.717) is 25.1 Å². The lowest BCUT2D eigenvalue weighted by Crippen LogP contribution is -2.57. The lowest BCUT2D eigenvalue weighted by molar-refractivity contribution is -0.143. The number of imidazole rings is 1. The Hall–Kier alpha value is -2.99. The van der Waals surface area contributed by atoms with E-state index in [4.69, 9.17) is 5.73 Å². The van der Waals surface area contributed by atoms with E-state index in [-0.39, 0.29) is 12.3 Å². The second-order valence-electron chi connectivity index (χ2n) is 6.90. The highest BCUT2D eigenvalue weighted by Gasteiger charge is 2.37. The number of hydrogen-bond acceptors (Lipinski definition) is 7. The normalized spacial score (nSPS) is 19.3. The number of hydrogen-bond donors (Lipinski definition) is 6. The van der Waals surface area contributed by atoms with Gasteiger partial charge in [-0.15, -0.1) is 0 Å². The van der Waals surface area contributed by atoms with Gasteiger partial charge in [-0.05, 0) is 19.8 Å². The molecule has 0 radical (unpaired) electrons. The molecule has 7 N–H and O–H groups in total. The number of nitrogens with one attached hydrogen (secondary N) is 3. The summed E-state index contributed by atoms with van der Waals surface area (Å²) in [6, 6.07) is -4.20. The van der Waals surface area contributed by atoms with Crippen LogP contribution in [-0.4, -0.2) is 86.1 Å². The molecule has 4 atom stereocenters. The first-order valence-corrected chi connectivity index (χ1v) is 9.22. The SMILES string of the molecule is CC(N)C(=O)N1CCCC1C(=O)NC(CO)C(=O)NC(Cc1cnc[nH]1)C(=O)O. The zero-order valence-corrected chi connectivity index (χ0v) is 16.0. The molecule has 0 bridgehead atoms. The molecule has 1 aromatic heterocycles. The summed E-state index contributed by atoms with van der Waals surface area (Å²) in [7, 11) is 0. The summed E-state index contributed by atoms with van der Waals surface area (Å²) in [4.78, 5) is 56.4. The largest absolute Gasteiger partial charge is 0.480 e. The van der Waals surface area contributed by atoms with Gasteiger partial charge in [-0.25, -0.2) is 9.78 Å². The molecular formula is C17H26N6O6. The van der Waals surface area contributed by atoms with Gasteiger partial charge in [0.15, 0.2) is 0 Å². The van der Waals surface area contributed by atoms with Gasteiger partial charge in [0.2, 0.25) is 17.7 Å². The topological polar surface area (TPSA) is 191 Å². The molecule has 0 aromatic carbocycles. The van der Waals surface area contributed by atoms with E-state index in [1.54, 1.807) is 0 Å². The predicted octanol–water partition coefficient (Wildman–Crippen LogP) is -2.66. The van der Waals surface area contributed by atoms with Gasteiger partial charge in [-0.3, -0.25) is 14.4 Å². The van der Waals surface area contributed by atoms with Crippen LogP contribution in [-0.2, 0) is 25.6 Å². The molecule has 1 aromatic rings. The minimum absolute atomic E-state index is 0.0491. The number of nitrogens with two attached hydrogens (primary N) is 1. The number of amides is 3. The number of aliphatic hydroxyl groups is 1. The third-order valence-corrected chi connectivity index (χ3v) is 4.64. The van der Waals surface area contributed by atoms with Crippen LogP contribution >= 0.6 is 0 Å². The number of nitrogens with zero attached hydrogens (tertiary/aromatic N) is 2. The van der Waals surface area contributed by atoms with Crippen molar-refractivity contribution >= 4 is 23.7 Å². The van der Waals surface area contributed by atoms with E-state index in [2.05, 4.69) is 20.6 Å². The molecule has 2 heterocycles. The standard InChI is InChI=1S/C17H26N6O6/c1-9(18)16(27)23-4-2-3-13(23)15(26)22-12(7-24)14(25)21-11(17(28)29)5-10-6-19-8-20-10/h6,8-9,11-13,24H,2-5,7,18H2,1H3,(H,19,20)(H,21,25)(H,22,26)(H,28,29). The van der Waals surface area contributed by atoms with Crippen LogP contribution in [0, 0.1) is 0 Å². The number of aliphatic carboxylic acids is 1. The van der Waals surface area contributed by atoms with Crippen molar-refractivity contribution in [2.75, 3.05) is 13.2 Å². The number of aromatic amines is 1. The van der Waals surface area contributed by atoms with Crippen molar-refractivity contribution in [2.24, 2.45) is 5.73 Å². The number of H-pyrrole nitrogens is 1. The Morgan fingerprint density at radius 1 is 1.34 bits per heavy atom. The van der Waals surface area contributed by atoms with Crippen LogP contribution in [0.4, 0.5) is 0 Å². The number of aliphatic hydroxyl groups excluding tert-OH is 1. The number of carboxylic acids is 1. The van der Waals surface area contributed by atoms with E-state index >= 15 is 0 Å². The molecule has 0 aliphatic carbocycles. The molecule has 3 amide bonds. The van der Waals surface area contributed by atoms with Gasteiger partial charge >= 0.3 is 5.97 Å². The Balaban J connectivity index is 2.00. The molecule has 12 nitrogen and oxygen atoms in total. The second kappa shape index (κ2) is 9.98. The smallest absolute Gasteiger partial charge is 0.326 e. The summed E-state index contributed by atoms with van der Waals surface area (Å²) >= 11 is 0. The van der Waals surface area contributed by atoms with Crippen molar-refractivity contribution in [3.8, 4) is 0 Å². The molecule has 1 saturated heterocycles. The average Bonchev–Trinajstić information content (AvgIpc) is 3.36. The Kier molecular flexibility index (Phi) is 7.67. The van der Waals surface area contributed by atoms with Crippen molar-refractivity contribution in [2.45, 2.75) is 50.4 Å². The number of carboxylic acid groups (broad SMARTS) is 1. The van der Waals surface area contributed by atoms with Crippen LogP contribution in [0.25, 0.3) is 0 Å². The van der Waals surface area contributed by atoms with Gasteiger partial charge < -0.3 is 36.5 Å². The van der Waals surface area contributed by atoms with Crippen molar-refractivity contribution in [1.82, 2.24) is 25.5 Å². The summed E-state index contributed by atoms with van der Waals surface area (Å²) < 4.78 is 0. The molecule has 160 valence electrons. The van der Waals surface area contributed by atoms with Gasteiger partial charge in [0.25, 0.3) is 0 Å².